The Bertz CT molecular complexity index is 412. The van der Waals surface area contributed by atoms with E-state index in [-0.39, 0.29) is 6.04 Å². The molecule has 100 valence electrons. The summed E-state index contributed by atoms with van der Waals surface area (Å²) in [5.74, 6) is 1.48. The lowest BCUT2D eigenvalue weighted by molar-refractivity contribution is 0.172. The fourth-order valence-electron chi connectivity index (χ4n) is 2.09. The largest absolute Gasteiger partial charge is 0.493 e. The number of alkyl halides is 1. The summed E-state index contributed by atoms with van der Waals surface area (Å²) in [6.07, 6.45) is 0.930. The van der Waals surface area contributed by atoms with Crippen molar-refractivity contribution in [1.29, 1.82) is 0 Å². The quantitative estimate of drug-likeness (QED) is 0.817. The molecule has 1 aromatic carbocycles. The first-order valence-electron chi connectivity index (χ1n) is 5.97. The number of hydrogen-bond acceptors (Lipinski definition) is 3. The van der Waals surface area contributed by atoms with Gasteiger partial charge in [-0.25, -0.2) is 0 Å². The topological polar surface area (TPSA) is 30.5 Å². The lowest BCUT2D eigenvalue weighted by atomic mass is 10.1. The van der Waals surface area contributed by atoms with Gasteiger partial charge in [0.25, 0.3) is 0 Å². The molecule has 0 radical (unpaired) electrons. The molecule has 18 heavy (non-hydrogen) atoms. The van der Waals surface area contributed by atoms with Crippen LogP contribution in [0.3, 0.4) is 0 Å². The Kier molecular flexibility index (Phi) is 5.13. The lowest BCUT2D eigenvalue weighted by Crippen LogP contribution is -2.34. The smallest absolute Gasteiger partial charge is 0.127 e. The van der Waals surface area contributed by atoms with Gasteiger partial charge in [-0.2, -0.15) is 0 Å². The van der Waals surface area contributed by atoms with Crippen LogP contribution in [0.5, 0.6) is 5.75 Å². The van der Waals surface area contributed by atoms with E-state index in [1.807, 2.05) is 12.1 Å². The minimum absolute atomic E-state index is 0.132. The van der Waals surface area contributed by atoms with Crippen molar-refractivity contribution in [2.24, 2.45) is 0 Å². The molecule has 0 saturated heterocycles. The third-order valence-electron chi connectivity index (χ3n) is 2.96. The fraction of sp³-hybridized carbons (Fsp3) is 0.538. The van der Waals surface area contributed by atoms with E-state index in [0.29, 0.717) is 19.0 Å². The van der Waals surface area contributed by atoms with Gasteiger partial charge in [0.2, 0.25) is 0 Å². The van der Waals surface area contributed by atoms with Crippen LogP contribution in [0, 0.1) is 0 Å². The van der Waals surface area contributed by atoms with Gasteiger partial charge in [-0.1, -0.05) is 11.6 Å². The van der Waals surface area contributed by atoms with Gasteiger partial charge in [0.15, 0.2) is 0 Å². The zero-order chi connectivity index (χ0) is 13.0. The Labute approximate surface area is 117 Å². The standard InChI is InChI=1S/C13H17Cl2NO2/c1-17-8-12(6-14)16-7-10-5-11(15)4-9-2-3-18-13(9)10/h4-5,12,16H,2-3,6-8H2,1H3. The Morgan fingerprint density at radius 3 is 3.06 bits per heavy atom. The van der Waals surface area contributed by atoms with Crippen LogP contribution in [0.4, 0.5) is 0 Å². The van der Waals surface area contributed by atoms with E-state index < -0.39 is 0 Å². The van der Waals surface area contributed by atoms with Crippen LogP contribution >= 0.6 is 23.2 Å². The third kappa shape index (κ3) is 3.29. The average Bonchev–Trinajstić information content (AvgIpc) is 2.82. The van der Waals surface area contributed by atoms with E-state index in [0.717, 1.165) is 29.4 Å². The number of methoxy groups -OCH3 is 1. The highest BCUT2D eigenvalue weighted by Crippen LogP contribution is 2.32. The van der Waals surface area contributed by atoms with Crippen molar-refractivity contribution < 1.29 is 9.47 Å². The minimum atomic E-state index is 0.132. The Hall–Kier alpha value is -0.480. The normalized spacial score (nSPS) is 15.3. The van der Waals surface area contributed by atoms with Gasteiger partial charge in [0, 0.05) is 42.6 Å². The molecular formula is C13H17Cl2NO2. The molecule has 0 bridgehead atoms. The molecule has 0 aromatic heterocycles. The molecule has 3 nitrogen and oxygen atoms in total. The molecule has 0 fully saturated rings. The van der Waals surface area contributed by atoms with Crippen LogP contribution in [0.1, 0.15) is 11.1 Å². The Morgan fingerprint density at radius 2 is 2.33 bits per heavy atom. The molecule has 1 aliphatic rings. The van der Waals surface area contributed by atoms with E-state index in [9.17, 15) is 0 Å². The summed E-state index contributed by atoms with van der Waals surface area (Å²) in [7, 11) is 1.67. The van der Waals surface area contributed by atoms with Crippen molar-refractivity contribution in [3.05, 3.63) is 28.3 Å². The molecule has 5 heteroatoms. The molecular weight excluding hydrogens is 273 g/mol. The Balaban J connectivity index is 2.05. The zero-order valence-electron chi connectivity index (χ0n) is 10.3. The van der Waals surface area contributed by atoms with Crippen molar-refractivity contribution in [1.82, 2.24) is 5.32 Å². The molecule has 1 unspecified atom stereocenters. The first kappa shape index (κ1) is 13.9. The van der Waals surface area contributed by atoms with Crippen molar-refractivity contribution >= 4 is 23.2 Å². The molecule has 1 aromatic rings. The van der Waals surface area contributed by atoms with Gasteiger partial charge in [0.1, 0.15) is 5.75 Å². The summed E-state index contributed by atoms with van der Waals surface area (Å²) in [4.78, 5) is 0. The predicted octanol–water partition coefficient (Wildman–Crippen LogP) is 2.62. The fourth-order valence-corrected chi connectivity index (χ4v) is 2.55. The molecule has 0 aliphatic carbocycles. The van der Waals surface area contributed by atoms with E-state index >= 15 is 0 Å². The minimum Gasteiger partial charge on any atom is -0.493 e. The molecule has 1 heterocycles. The maximum atomic E-state index is 6.10. The zero-order valence-corrected chi connectivity index (χ0v) is 11.9. The Morgan fingerprint density at radius 1 is 1.50 bits per heavy atom. The molecule has 1 aliphatic heterocycles. The van der Waals surface area contributed by atoms with Gasteiger partial charge in [-0.3, -0.25) is 0 Å². The van der Waals surface area contributed by atoms with Crippen molar-refractivity contribution in [3.63, 3.8) is 0 Å². The van der Waals surface area contributed by atoms with E-state index in [1.54, 1.807) is 7.11 Å². The van der Waals surface area contributed by atoms with Crippen molar-refractivity contribution in [2.75, 3.05) is 26.2 Å². The first-order valence-corrected chi connectivity index (χ1v) is 6.88. The highest BCUT2D eigenvalue weighted by molar-refractivity contribution is 6.30. The van der Waals surface area contributed by atoms with Crippen LogP contribution in [-0.2, 0) is 17.7 Å². The first-order chi connectivity index (χ1) is 8.74. The summed E-state index contributed by atoms with van der Waals surface area (Å²) in [5.41, 5.74) is 2.27. The van der Waals surface area contributed by atoms with E-state index in [1.165, 1.54) is 5.56 Å². The number of benzene rings is 1. The van der Waals surface area contributed by atoms with Gasteiger partial charge >= 0.3 is 0 Å². The molecule has 0 spiro atoms. The highest BCUT2D eigenvalue weighted by atomic mass is 35.5. The summed E-state index contributed by atoms with van der Waals surface area (Å²) in [6, 6.07) is 4.05. The highest BCUT2D eigenvalue weighted by Gasteiger charge is 2.18. The summed E-state index contributed by atoms with van der Waals surface area (Å²) < 4.78 is 10.7. The van der Waals surface area contributed by atoms with E-state index in [4.69, 9.17) is 32.7 Å². The second kappa shape index (κ2) is 6.62. The molecule has 0 saturated carbocycles. The van der Waals surface area contributed by atoms with E-state index in [2.05, 4.69) is 5.32 Å². The van der Waals surface area contributed by atoms with Crippen LogP contribution < -0.4 is 10.1 Å². The maximum absolute atomic E-state index is 6.10. The van der Waals surface area contributed by atoms with Gasteiger partial charge < -0.3 is 14.8 Å². The predicted molar refractivity (Wildman–Crippen MR) is 73.9 cm³/mol. The molecule has 2 rings (SSSR count). The maximum Gasteiger partial charge on any atom is 0.127 e. The summed E-state index contributed by atoms with van der Waals surface area (Å²) >= 11 is 12.0. The molecule has 1 atom stereocenters. The monoisotopic (exact) mass is 289 g/mol. The van der Waals surface area contributed by atoms with Gasteiger partial charge in [0.05, 0.1) is 13.2 Å². The molecule has 0 amide bonds. The lowest BCUT2D eigenvalue weighted by Gasteiger charge is -2.16. The molecule has 1 N–H and O–H groups in total. The van der Waals surface area contributed by atoms with Crippen LogP contribution in [-0.4, -0.2) is 32.2 Å². The number of rotatable bonds is 6. The second-order valence-electron chi connectivity index (χ2n) is 4.34. The average molecular weight is 290 g/mol. The van der Waals surface area contributed by atoms with Crippen LogP contribution in [0.2, 0.25) is 5.02 Å². The number of nitrogens with one attached hydrogen (secondary N) is 1. The van der Waals surface area contributed by atoms with Crippen molar-refractivity contribution in [2.45, 2.75) is 19.0 Å². The SMILES string of the molecule is COCC(CCl)NCc1cc(Cl)cc2c1OCC2. The van der Waals surface area contributed by atoms with Gasteiger partial charge in [-0.05, 0) is 17.7 Å². The van der Waals surface area contributed by atoms with Crippen molar-refractivity contribution in [3.8, 4) is 5.75 Å². The summed E-state index contributed by atoms with van der Waals surface area (Å²) in [5, 5.41) is 4.10. The third-order valence-corrected chi connectivity index (χ3v) is 3.55. The number of hydrogen-bond donors (Lipinski definition) is 1. The number of fused-ring (bicyclic) bond motifs is 1. The number of ether oxygens (including phenoxy) is 2. The van der Waals surface area contributed by atoms with Gasteiger partial charge in [-0.15, -0.1) is 11.6 Å². The van der Waals surface area contributed by atoms with Crippen LogP contribution in [0.15, 0.2) is 12.1 Å². The second-order valence-corrected chi connectivity index (χ2v) is 5.08. The summed E-state index contributed by atoms with van der Waals surface area (Å²) in [6.45, 7) is 2.01. The van der Waals surface area contributed by atoms with Crippen LogP contribution in [0.25, 0.3) is 0 Å². The number of halogens is 2.